The largest absolute Gasteiger partial charge is 0.479 e. The second-order valence-electron chi connectivity index (χ2n) is 6.01. The van der Waals surface area contributed by atoms with Crippen LogP contribution >= 0.6 is 0 Å². The number of carbonyl (C=O) groups excluding carboxylic acids is 2. The first kappa shape index (κ1) is 19.2. The van der Waals surface area contributed by atoms with E-state index in [2.05, 4.69) is 10.6 Å². The Kier molecular flexibility index (Phi) is 6.91. The maximum absolute atomic E-state index is 12.0. The minimum Gasteiger partial charge on any atom is -0.479 e. The summed E-state index contributed by atoms with van der Waals surface area (Å²) in [4.78, 5) is 35.2. The van der Waals surface area contributed by atoms with Crippen LogP contribution in [0.15, 0.2) is 54.6 Å². The lowest BCUT2D eigenvalue weighted by Gasteiger charge is -2.15. The monoisotopic (exact) mass is 354 g/mol. The van der Waals surface area contributed by atoms with Gasteiger partial charge in [-0.05, 0) is 24.5 Å². The molecule has 0 heterocycles. The topological polar surface area (TPSA) is 95.5 Å². The van der Waals surface area contributed by atoms with E-state index in [1.807, 2.05) is 31.2 Å². The predicted molar refractivity (Wildman–Crippen MR) is 97.5 cm³/mol. The summed E-state index contributed by atoms with van der Waals surface area (Å²) >= 11 is 0. The summed E-state index contributed by atoms with van der Waals surface area (Å²) < 4.78 is 0. The highest BCUT2D eigenvalue weighted by Gasteiger charge is 2.21. The zero-order valence-electron chi connectivity index (χ0n) is 14.6. The molecule has 0 aromatic heterocycles. The van der Waals surface area contributed by atoms with Crippen LogP contribution in [0.1, 0.15) is 29.2 Å². The molecule has 0 aliphatic carbocycles. The third-order valence-electron chi connectivity index (χ3n) is 3.89. The first-order valence-electron chi connectivity index (χ1n) is 8.35. The third-order valence-corrected chi connectivity index (χ3v) is 3.89. The smallest absolute Gasteiger partial charge is 0.330 e. The van der Waals surface area contributed by atoms with Gasteiger partial charge in [0.05, 0.1) is 6.54 Å². The molecule has 1 unspecified atom stereocenters. The van der Waals surface area contributed by atoms with Gasteiger partial charge in [-0.15, -0.1) is 0 Å². The molecule has 2 aromatic carbocycles. The lowest BCUT2D eigenvalue weighted by atomic mass is 10.1. The fourth-order valence-corrected chi connectivity index (χ4v) is 2.43. The SMILES string of the molecule is Cc1ccc(CCC(=O)NCC(=O)NC(C(=O)O)c2ccccc2)cc1. The fraction of sp³-hybridized carbons (Fsp3) is 0.250. The quantitative estimate of drug-likeness (QED) is 0.675. The van der Waals surface area contributed by atoms with Crippen molar-refractivity contribution in [2.75, 3.05) is 6.54 Å². The van der Waals surface area contributed by atoms with Gasteiger partial charge in [0.25, 0.3) is 0 Å². The molecule has 0 spiro atoms. The molecule has 1 atom stereocenters. The van der Waals surface area contributed by atoms with Gasteiger partial charge in [-0.1, -0.05) is 60.2 Å². The number of benzene rings is 2. The first-order chi connectivity index (χ1) is 12.5. The molecule has 0 saturated heterocycles. The van der Waals surface area contributed by atoms with E-state index >= 15 is 0 Å². The summed E-state index contributed by atoms with van der Waals surface area (Å²) in [6.45, 7) is 1.73. The molecule has 0 bridgehead atoms. The lowest BCUT2D eigenvalue weighted by molar-refractivity contribution is -0.141. The van der Waals surface area contributed by atoms with Crippen molar-refractivity contribution in [3.05, 3.63) is 71.3 Å². The Labute approximate surface area is 152 Å². The molecule has 2 rings (SSSR count). The summed E-state index contributed by atoms with van der Waals surface area (Å²) in [5.74, 6) is -1.97. The highest BCUT2D eigenvalue weighted by atomic mass is 16.4. The average molecular weight is 354 g/mol. The number of aliphatic carboxylic acids is 1. The molecular weight excluding hydrogens is 332 g/mol. The summed E-state index contributed by atoms with van der Waals surface area (Å²) in [7, 11) is 0. The summed E-state index contributed by atoms with van der Waals surface area (Å²) in [6.07, 6.45) is 0.840. The number of hydrogen-bond donors (Lipinski definition) is 3. The van der Waals surface area contributed by atoms with Crippen molar-refractivity contribution >= 4 is 17.8 Å². The number of carboxylic acids is 1. The van der Waals surface area contributed by atoms with Gasteiger partial charge in [0.1, 0.15) is 0 Å². The van der Waals surface area contributed by atoms with Crippen LogP contribution < -0.4 is 10.6 Å². The summed E-state index contributed by atoms with van der Waals surface area (Å²) in [5, 5.41) is 14.2. The van der Waals surface area contributed by atoms with Gasteiger partial charge in [-0.2, -0.15) is 0 Å². The van der Waals surface area contributed by atoms with Gasteiger partial charge in [-0.3, -0.25) is 9.59 Å². The van der Waals surface area contributed by atoms with Gasteiger partial charge < -0.3 is 15.7 Å². The van der Waals surface area contributed by atoms with E-state index in [4.69, 9.17) is 0 Å². The molecule has 0 fully saturated rings. The van der Waals surface area contributed by atoms with E-state index in [-0.39, 0.29) is 18.9 Å². The van der Waals surface area contributed by atoms with Crippen molar-refractivity contribution in [2.45, 2.75) is 25.8 Å². The molecule has 136 valence electrons. The number of carbonyl (C=O) groups is 3. The molecule has 0 aliphatic heterocycles. The second kappa shape index (κ2) is 9.36. The number of amides is 2. The van der Waals surface area contributed by atoms with Crippen LogP contribution in [0.4, 0.5) is 0 Å². The molecule has 2 amide bonds. The minimum absolute atomic E-state index is 0.257. The van der Waals surface area contributed by atoms with Gasteiger partial charge in [0.15, 0.2) is 6.04 Å². The van der Waals surface area contributed by atoms with E-state index in [0.717, 1.165) is 11.1 Å². The number of nitrogens with one attached hydrogen (secondary N) is 2. The van der Waals surface area contributed by atoms with Gasteiger partial charge in [-0.25, -0.2) is 4.79 Å². The molecule has 0 radical (unpaired) electrons. The standard InChI is InChI=1S/C20H22N2O4/c1-14-7-9-15(10-8-14)11-12-17(23)21-13-18(24)22-19(20(25)26)16-5-3-2-4-6-16/h2-10,19H,11-13H2,1H3,(H,21,23)(H,22,24)(H,25,26). The van der Waals surface area contributed by atoms with Crippen LogP contribution in [0.5, 0.6) is 0 Å². The minimum atomic E-state index is -1.16. The van der Waals surface area contributed by atoms with Gasteiger partial charge >= 0.3 is 5.97 Å². The normalized spacial score (nSPS) is 11.4. The number of carboxylic acid groups (broad SMARTS) is 1. The van der Waals surface area contributed by atoms with Crippen LogP contribution in [-0.4, -0.2) is 29.4 Å². The molecule has 0 saturated carbocycles. The third kappa shape index (κ3) is 6.05. The lowest BCUT2D eigenvalue weighted by Crippen LogP contribution is -2.41. The van der Waals surface area contributed by atoms with E-state index in [1.54, 1.807) is 30.3 Å². The van der Waals surface area contributed by atoms with Crippen LogP contribution in [-0.2, 0) is 20.8 Å². The summed E-state index contributed by atoms with van der Waals surface area (Å²) in [6, 6.07) is 15.2. The second-order valence-corrected chi connectivity index (χ2v) is 6.01. The zero-order valence-corrected chi connectivity index (χ0v) is 14.6. The van der Waals surface area contributed by atoms with Crippen LogP contribution in [0, 0.1) is 6.92 Å². The number of aryl methyl sites for hydroxylation is 2. The van der Waals surface area contributed by atoms with Crippen molar-refractivity contribution in [2.24, 2.45) is 0 Å². The molecule has 0 aliphatic rings. The zero-order chi connectivity index (χ0) is 18.9. The maximum atomic E-state index is 12.0. The highest BCUT2D eigenvalue weighted by Crippen LogP contribution is 2.12. The van der Waals surface area contributed by atoms with E-state index < -0.39 is 17.9 Å². The Hall–Kier alpha value is -3.15. The first-order valence-corrected chi connectivity index (χ1v) is 8.35. The Balaban J connectivity index is 1.78. The van der Waals surface area contributed by atoms with Gasteiger partial charge in [0, 0.05) is 6.42 Å². The predicted octanol–water partition coefficient (Wildman–Crippen LogP) is 1.99. The maximum Gasteiger partial charge on any atom is 0.330 e. The van der Waals surface area contributed by atoms with Gasteiger partial charge in [0.2, 0.25) is 11.8 Å². The fourth-order valence-electron chi connectivity index (χ4n) is 2.43. The highest BCUT2D eigenvalue weighted by molar-refractivity contribution is 5.88. The van der Waals surface area contributed by atoms with Crippen molar-refractivity contribution in [3.8, 4) is 0 Å². The Bertz CT molecular complexity index is 757. The summed E-state index contributed by atoms with van der Waals surface area (Å²) in [5.41, 5.74) is 2.67. The van der Waals surface area contributed by atoms with Crippen molar-refractivity contribution in [1.29, 1.82) is 0 Å². The molecule has 2 aromatic rings. The Morgan fingerprint density at radius 1 is 0.962 bits per heavy atom. The molecule has 26 heavy (non-hydrogen) atoms. The van der Waals surface area contributed by atoms with Crippen molar-refractivity contribution < 1.29 is 19.5 Å². The van der Waals surface area contributed by atoms with Crippen molar-refractivity contribution in [3.63, 3.8) is 0 Å². The molecule has 6 nitrogen and oxygen atoms in total. The molecule has 6 heteroatoms. The van der Waals surface area contributed by atoms with Crippen molar-refractivity contribution in [1.82, 2.24) is 10.6 Å². The molecular formula is C20H22N2O4. The Morgan fingerprint density at radius 3 is 2.23 bits per heavy atom. The van der Waals surface area contributed by atoms with E-state index in [9.17, 15) is 19.5 Å². The van der Waals surface area contributed by atoms with Crippen LogP contribution in [0.25, 0.3) is 0 Å². The number of hydrogen-bond acceptors (Lipinski definition) is 3. The van der Waals surface area contributed by atoms with Crippen LogP contribution in [0.3, 0.4) is 0 Å². The van der Waals surface area contributed by atoms with E-state index in [0.29, 0.717) is 12.0 Å². The molecule has 3 N–H and O–H groups in total. The Morgan fingerprint density at radius 2 is 1.62 bits per heavy atom. The average Bonchev–Trinajstić information content (AvgIpc) is 2.64. The van der Waals surface area contributed by atoms with Crippen LogP contribution in [0.2, 0.25) is 0 Å². The number of rotatable bonds is 8. The van der Waals surface area contributed by atoms with E-state index in [1.165, 1.54) is 0 Å².